The van der Waals surface area contributed by atoms with Gasteiger partial charge in [-0.2, -0.15) is 0 Å². The van der Waals surface area contributed by atoms with Gasteiger partial charge in [0.2, 0.25) is 0 Å². The minimum absolute atomic E-state index is 0.278. The molecule has 16 heavy (non-hydrogen) atoms. The molecule has 0 N–H and O–H groups in total. The standard InChI is InChI=1S/C12H24N2OS/c1-4-5-6-9-16-12(15)14-8-7-11(10-14)13(2)3/h11H,4-10H2,1-3H3. The van der Waals surface area contributed by atoms with Gasteiger partial charge in [0.15, 0.2) is 0 Å². The molecule has 3 nitrogen and oxygen atoms in total. The van der Waals surface area contributed by atoms with Gasteiger partial charge < -0.3 is 9.80 Å². The van der Waals surface area contributed by atoms with Crippen molar-refractivity contribution in [1.29, 1.82) is 0 Å². The van der Waals surface area contributed by atoms with E-state index in [1.807, 2.05) is 4.90 Å². The summed E-state index contributed by atoms with van der Waals surface area (Å²) < 4.78 is 0. The number of likely N-dealkylation sites (N-methyl/N-ethyl adjacent to an activating group) is 1. The molecule has 1 aliphatic heterocycles. The van der Waals surface area contributed by atoms with Gasteiger partial charge in [0.25, 0.3) is 5.24 Å². The minimum atomic E-state index is 0.278. The Morgan fingerprint density at radius 3 is 2.75 bits per heavy atom. The molecule has 1 saturated heterocycles. The summed E-state index contributed by atoms with van der Waals surface area (Å²) in [6.45, 7) is 4.03. The number of amides is 1. The fourth-order valence-corrected chi connectivity index (χ4v) is 2.80. The molecule has 1 heterocycles. The van der Waals surface area contributed by atoms with Crippen LogP contribution in [0, 0.1) is 0 Å². The Morgan fingerprint density at radius 2 is 2.19 bits per heavy atom. The van der Waals surface area contributed by atoms with Gasteiger partial charge in [-0.05, 0) is 26.9 Å². The molecule has 0 spiro atoms. The van der Waals surface area contributed by atoms with Crippen LogP contribution in [0.2, 0.25) is 0 Å². The number of carbonyl (C=O) groups excluding carboxylic acids is 1. The smallest absolute Gasteiger partial charge is 0.281 e. The predicted octanol–water partition coefficient (Wildman–Crippen LogP) is 2.67. The zero-order chi connectivity index (χ0) is 12.0. The van der Waals surface area contributed by atoms with E-state index in [1.54, 1.807) is 0 Å². The van der Waals surface area contributed by atoms with Gasteiger partial charge in [-0.15, -0.1) is 0 Å². The lowest BCUT2D eigenvalue weighted by Crippen LogP contribution is -2.33. The van der Waals surface area contributed by atoms with E-state index in [-0.39, 0.29) is 5.24 Å². The van der Waals surface area contributed by atoms with E-state index < -0.39 is 0 Å². The summed E-state index contributed by atoms with van der Waals surface area (Å²) in [5, 5.41) is 0.278. The number of unbranched alkanes of at least 4 members (excludes halogenated alkanes) is 2. The summed E-state index contributed by atoms with van der Waals surface area (Å²) in [4.78, 5) is 16.1. The molecule has 0 bridgehead atoms. The quantitative estimate of drug-likeness (QED) is 0.695. The number of hydrogen-bond acceptors (Lipinski definition) is 3. The van der Waals surface area contributed by atoms with E-state index in [0.717, 1.165) is 31.7 Å². The van der Waals surface area contributed by atoms with Gasteiger partial charge in [-0.1, -0.05) is 31.5 Å². The van der Waals surface area contributed by atoms with Crippen LogP contribution in [0.3, 0.4) is 0 Å². The third-order valence-electron chi connectivity index (χ3n) is 3.13. The number of thioether (sulfide) groups is 1. The van der Waals surface area contributed by atoms with Crippen LogP contribution in [-0.2, 0) is 0 Å². The summed E-state index contributed by atoms with van der Waals surface area (Å²) in [5.74, 6) is 0.982. The van der Waals surface area contributed by atoms with E-state index >= 15 is 0 Å². The Labute approximate surface area is 104 Å². The van der Waals surface area contributed by atoms with E-state index in [0.29, 0.717) is 6.04 Å². The topological polar surface area (TPSA) is 23.6 Å². The van der Waals surface area contributed by atoms with Crippen molar-refractivity contribution in [3.05, 3.63) is 0 Å². The Morgan fingerprint density at radius 1 is 1.44 bits per heavy atom. The van der Waals surface area contributed by atoms with Crippen LogP contribution in [-0.4, -0.2) is 54.0 Å². The lowest BCUT2D eigenvalue weighted by molar-refractivity contribution is 0.227. The summed E-state index contributed by atoms with van der Waals surface area (Å²) >= 11 is 1.50. The maximum absolute atomic E-state index is 11.8. The Hall–Kier alpha value is -0.220. The third kappa shape index (κ3) is 4.34. The number of rotatable bonds is 5. The van der Waals surface area contributed by atoms with E-state index in [9.17, 15) is 4.79 Å². The van der Waals surface area contributed by atoms with Crippen LogP contribution >= 0.6 is 11.8 Å². The van der Waals surface area contributed by atoms with Crippen LogP contribution in [0.25, 0.3) is 0 Å². The fraction of sp³-hybridized carbons (Fsp3) is 0.917. The van der Waals surface area contributed by atoms with Gasteiger partial charge in [-0.25, -0.2) is 0 Å². The highest BCUT2D eigenvalue weighted by atomic mass is 32.2. The van der Waals surface area contributed by atoms with Crippen molar-refractivity contribution in [1.82, 2.24) is 9.80 Å². The second-order valence-corrected chi connectivity index (χ2v) is 5.72. The second kappa shape index (κ2) is 7.17. The molecule has 1 atom stereocenters. The lowest BCUT2D eigenvalue weighted by atomic mass is 10.2. The Bertz CT molecular complexity index is 221. The molecule has 0 aliphatic carbocycles. The van der Waals surface area contributed by atoms with Crippen molar-refractivity contribution in [2.75, 3.05) is 32.9 Å². The first-order chi connectivity index (χ1) is 7.65. The molecular formula is C12H24N2OS. The fourth-order valence-electron chi connectivity index (χ4n) is 1.93. The molecule has 1 amide bonds. The van der Waals surface area contributed by atoms with Crippen LogP contribution < -0.4 is 0 Å². The molecule has 94 valence electrons. The molecule has 4 heteroatoms. The third-order valence-corrected chi connectivity index (χ3v) is 4.12. The summed E-state index contributed by atoms with van der Waals surface area (Å²) in [6.07, 6.45) is 4.74. The average Bonchev–Trinajstić information content (AvgIpc) is 2.73. The highest BCUT2D eigenvalue weighted by molar-refractivity contribution is 8.13. The Kier molecular flexibility index (Phi) is 6.21. The minimum Gasteiger partial charge on any atom is -0.332 e. The van der Waals surface area contributed by atoms with E-state index in [2.05, 4.69) is 25.9 Å². The molecule has 0 aromatic carbocycles. The molecule has 0 aromatic rings. The van der Waals surface area contributed by atoms with Gasteiger partial charge in [0, 0.05) is 24.9 Å². The molecular weight excluding hydrogens is 220 g/mol. The summed E-state index contributed by atoms with van der Waals surface area (Å²) in [6, 6.07) is 0.556. The van der Waals surface area contributed by atoms with Crippen molar-refractivity contribution in [2.24, 2.45) is 0 Å². The van der Waals surface area contributed by atoms with Crippen molar-refractivity contribution >= 4 is 17.0 Å². The van der Waals surface area contributed by atoms with Crippen molar-refractivity contribution in [3.63, 3.8) is 0 Å². The average molecular weight is 244 g/mol. The highest BCUT2D eigenvalue weighted by Crippen LogP contribution is 2.19. The second-order valence-electron chi connectivity index (χ2n) is 4.67. The molecule has 1 fully saturated rings. The van der Waals surface area contributed by atoms with Gasteiger partial charge in [0.1, 0.15) is 0 Å². The van der Waals surface area contributed by atoms with Crippen LogP contribution in [0.5, 0.6) is 0 Å². The molecule has 0 radical (unpaired) electrons. The molecule has 0 saturated carbocycles. The number of likely N-dealkylation sites (tertiary alicyclic amines) is 1. The highest BCUT2D eigenvalue weighted by Gasteiger charge is 2.27. The number of hydrogen-bond donors (Lipinski definition) is 0. The Balaban J connectivity index is 2.18. The summed E-state index contributed by atoms with van der Waals surface area (Å²) in [7, 11) is 4.18. The maximum atomic E-state index is 11.8. The van der Waals surface area contributed by atoms with Gasteiger partial charge in [0.05, 0.1) is 0 Å². The van der Waals surface area contributed by atoms with Crippen LogP contribution in [0.15, 0.2) is 0 Å². The molecule has 1 unspecified atom stereocenters. The molecule has 1 aliphatic rings. The normalized spacial score (nSPS) is 20.8. The van der Waals surface area contributed by atoms with Crippen molar-refractivity contribution < 1.29 is 4.79 Å². The van der Waals surface area contributed by atoms with Gasteiger partial charge in [-0.3, -0.25) is 4.79 Å². The predicted molar refractivity (Wildman–Crippen MR) is 71.0 cm³/mol. The SMILES string of the molecule is CCCCCSC(=O)N1CCC(N(C)C)C1. The molecule has 0 aromatic heterocycles. The molecule has 1 rings (SSSR count). The van der Waals surface area contributed by atoms with Crippen LogP contribution in [0.4, 0.5) is 4.79 Å². The van der Waals surface area contributed by atoms with Crippen LogP contribution in [0.1, 0.15) is 32.6 Å². The maximum Gasteiger partial charge on any atom is 0.281 e. The van der Waals surface area contributed by atoms with Gasteiger partial charge >= 0.3 is 0 Å². The lowest BCUT2D eigenvalue weighted by Gasteiger charge is -2.20. The monoisotopic (exact) mass is 244 g/mol. The first kappa shape index (κ1) is 13.8. The zero-order valence-corrected chi connectivity index (χ0v) is 11.6. The van der Waals surface area contributed by atoms with Crippen molar-refractivity contribution in [2.45, 2.75) is 38.6 Å². The number of carbonyl (C=O) groups is 1. The van der Waals surface area contributed by atoms with E-state index in [1.165, 1.54) is 24.6 Å². The van der Waals surface area contributed by atoms with Crippen molar-refractivity contribution in [3.8, 4) is 0 Å². The summed E-state index contributed by atoms with van der Waals surface area (Å²) in [5.41, 5.74) is 0. The largest absolute Gasteiger partial charge is 0.332 e. The number of nitrogens with zero attached hydrogens (tertiary/aromatic N) is 2. The van der Waals surface area contributed by atoms with E-state index in [4.69, 9.17) is 0 Å². The zero-order valence-electron chi connectivity index (χ0n) is 10.7. The first-order valence-corrected chi connectivity index (χ1v) is 7.21. The first-order valence-electron chi connectivity index (χ1n) is 6.23.